The Hall–Kier alpha value is -1.35. The van der Waals surface area contributed by atoms with Gasteiger partial charge in [-0.15, -0.1) is 0 Å². The minimum Gasteiger partial charge on any atom is -0.380 e. The normalized spacial score (nSPS) is 12.3. The van der Waals surface area contributed by atoms with Gasteiger partial charge in [-0.1, -0.05) is 48.0 Å². The van der Waals surface area contributed by atoms with E-state index in [1.165, 1.54) is 16.7 Å². The monoisotopic (exact) mass is 289 g/mol. The molecule has 0 amide bonds. The maximum Gasteiger partial charge on any atom is 0.0713 e. The van der Waals surface area contributed by atoms with Crippen molar-refractivity contribution < 1.29 is 4.74 Å². The molecule has 0 saturated carbocycles. The van der Waals surface area contributed by atoms with E-state index in [0.29, 0.717) is 12.6 Å². The first-order valence-electron chi connectivity index (χ1n) is 6.74. The van der Waals surface area contributed by atoms with Gasteiger partial charge in [0.25, 0.3) is 0 Å². The third-order valence-corrected chi connectivity index (χ3v) is 3.57. The van der Waals surface area contributed by atoms with Crippen molar-refractivity contribution >= 4 is 11.6 Å². The van der Waals surface area contributed by atoms with Crippen molar-refractivity contribution in [2.45, 2.75) is 26.1 Å². The first-order chi connectivity index (χ1) is 9.69. The molecule has 106 valence electrons. The van der Waals surface area contributed by atoms with Gasteiger partial charge < -0.3 is 10.1 Å². The SMILES string of the molecule is COCc1ccc(CNC(C)c2ccc(Cl)cc2)cc1. The van der Waals surface area contributed by atoms with Crippen LogP contribution in [0.4, 0.5) is 0 Å². The van der Waals surface area contributed by atoms with Crippen LogP contribution in [0.1, 0.15) is 29.7 Å². The molecule has 2 rings (SSSR count). The highest BCUT2D eigenvalue weighted by atomic mass is 35.5. The molecule has 2 aromatic carbocycles. The molecule has 20 heavy (non-hydrogen) atoms. The lowest BCUT2D eigenvalue weighted by atomic mass is 10.1. The van der Waals surface area contributed by atoms with E-state index in [1.807, 2.05) is 12.1 Å². The Morgan fingerprint density at radius 2 is 1.60 bits per heavy atom. The van der Waals surface area contributed by atoms with Gasteiger partial charge in [-0.25, -0.2) is 0 Å². The lowest BCUT2D eigenvalue weighted by molar-refractivity contribution is 0.185. The van der Waals surface area contributed by atoms with Crippen molar-refractivity contribution in [2.75, 3.05) is 7.11 Å². The van der Waals surface area contributed by atoms with Crippen LogP contribution in [-0.4, -0.2) is 7.11 Å². The molecule has 1 atom stereocenters. The molecule has 0 radical (unpaired) electrons. The number of ether oxygens (including phenoxy) is 1. The van der Waals surface area contributed by atoms with Crippen molar-refractivity contribution in [2.24, 2.45) is 0 Å². The molecule has 0 bridgehead atoms. The highest BCUT2D eigenvalue weighted by Crippen LogP contribution is 2.16. The summed E-state index contributed by atoms with van der Waals surface area (Å²) in [5.41, 5.74) is 3.71. The second-order valence-corrected chi connectivity index (χ2v) is 5.34. The molecule has 3 heteroatoms. The minimum absolute atomic E-state index is 0.297. The Morgan fingerprint density at radius 1 is 1.00 bits per heavy atom. The van der Waals surface area contributed by atoms with Gasteiger partial charge in [-0.05, 0) is 35.7 Å². The lowest BCUT2D eigenvalue weighted by Crippen LogP contribution is -2.17. The number of hydrogen-bond donors (Lipinski definition) is 1. The second-order valence-electron chi connectivity index (χ2n) is 4.90. The van der Waals surface area contributed by atoms with E-state index < -0.39 is 0 Å². The zero-order valence-electron chi connectivity index (χ0n) is 11.9. The molecule has 1 N–H and O–H groups in total. The van der Waals surface area contributed by atoms with E-state index >= 15 is 0 Å². The van der Waals surface area contributed by atoms with Crippen molar-refractivity contribution in [3.05, 3.63) is 70.2 Å². The topological polar surface area (TPSA) is 21.3 Å². The second kappa shape index (κ2) is 7.44. The smallest absolute Gasteiger partial charge is 0.0713 e. The van der Waals surface area contributed by atoms with Crippen molar-refractivity contribution in [1.82, 2.24) is 5.32 Å². The molecular weight excluding hydrogens is 270 g/mol. The van der Waals surface area contributed by atoms with Gasteiger partial charge in [0.2, 0.25) is 0 Å². The number of methoxy groups -OCH3 is 1. The van der Waals surface area contributed by atoms with E-state index in [4.69, 9.17) is 16.3 Å². The van der Waals surface area contributed by atoms with E-state index in [2.05, 4.69) is 48.6 Å². The van der Waals surface area contributed by atoms with Gasteiger partial charge >= 0.3 is 0 Å². The first kappa shape index (κ1) is 15.0. The summed E-state index contributed by atoms with van der Waals surface area (Å²) in [6.07, 6.45) is 0. The van der Waals surface area contributed by atoms with Crippen LogP contribution >= 0.6 is 11.6 Å². The third kappa shape index (κ3) is 4.34. The van der Waals surface area contributed by atoms with Gasteiger partial charge in [0, 0.05) is 24.7 Å². The summed E-state index contributed by atoms with van der Waals surface area (Å²) in [6.45, 7) is 3.66. The Morgan fingerprint density at radius 3 is 2.20 bits per heavy atom. The van der Waals surface area contributed by atoms with Crippen LogP contribution in [-0.2, 0) is 17.9 Å². The van der Waals surface area contributed by atoms with Crippen molar-refractivity contribution in [3.8, 4) is 0 Å². The van der Waals surface area contributed by atoms with Gasteiger partial charge in [-0.2, -0.15) is 0 Å². The Kier molecular flexibility index (Phi) is 5.60. The predicted molar refractivity (Wildman–Crippen MR) is 83.9 cm³/mol. The molecule has 2 aromatic rings. The Balaban J connectivity index is 1.89. The van der Waals surface area contributed by atoms with E-state index in [-0.39, 0.29) is 0 Å². The Bertz CT molecular complexity index is 522. The van der Waals surface area contributed by atoms with Crippen LogP contribution in [0.2, 0.25) is 5.02 Å². The van der Waals surface area contributed by atoms with E-state index in [1.54, 1.807) is 7.11 Å². The largest absolute Gasteiger partial charge is 0.380 e. The molecule has 0 spiro atoms. The fourth-order valence-electron chi connectivity index (χ4n) is 2.06. The van der Waals surface area contributed by atoms with Crippen molar-refractivity contribution in [1.29, 1.82) is 0 Å². The first-order valence-corrected chi connectivity index (χ1v) is 7.12. The number of rotatable bonds is 6. The third-order valence-electron chi connectivity index (χ3n) is 3.32. The van der Waals surface area contributed by atoms with Crippen LogP contribution in [0.15, 0.2) is 48.5 Å². The molecule has 0 aliphatic rings. The van der Waals surface area contributed by atoms with Gasteiger partial charge in [0.1, 0.15) is 0 Å². The zero-order chi connectivity index (χ0) is 14.4. The maximum absolute atomic E-state index is 5.90. The van der Waals surface area contributed by atoms with Crippen LogP contribution in [0.3, 0.4) is 0 Å². The summed E-state index contributed by atoms with van der Waals surface area (Å²) in [6, 6.07) is 16.7. The lowest BCUT2D eigenvalue weighted by Gasteiger charge is -2.14. The van der Waals surface area contributed by atoms with E-state index in [0.717, 1.165) is 11.6 Å². The van der Waals surface area contributed by atoms with E-state index in [9.17, 15) is 0 Å². The number of nitrogens with one attached hydrogen (secondary N) is 1. The molecule has 1 unspecified atom stereocenters. The molecular formula is C17H20ClNO. The van der Waals surface area contributed by atoms with Crippen LogP contribution in [0.25, 0.3) is 0 Å². The van der Waals surface area contributed by atoms with Gasteiger partial charge in [0.05, 0.1) is 6.61 Å². The molecule has 0 saturated heterocycles. The average Bonchev–Trinajstić information content (AvgIpc) is 2.47. The highest BCUT2D eigenvalue weighted by Gasteiger charge is 2.04. The fraction of sp³-hybridized carbons (Fsp3) is 0.294. The predicted octanol–water partition coefficient (Wildman–Crippen LogP) is 4.34. The molecule has 0 aliphatic carbocycles. The average molecular weight is 290 g/mol. The molecule has 0 aliphatic heterocycles. The summed E-state index contributed by atoms with van der Waals surface area (Å²) >= 11 is 5.90. The van der Waals surface area contributed by atoms with Gasteiger partial charge in [0.15, 0.2) is 0 Å². The van der Waals surface area contributed by atoms with Crippen molar-refractivity contribution in [3.63, 3.8) is 0 Å². The van der Waals surface area contributed by atoms with Crippen LogP contribution in [0, 0.1) is 0 Å². The number of halogens is 1. The summed E-state index contributed by atoms with van der Waals surface area (Å²) in [4.78, 5) is 0. The quantitative estimate of drug-likeness (QED) is 0.854. The summed E-state index contributed by atoms with van der Waals surface area (Å²) in [7, 11) is 1.71. The fourth-order valence-corrected chi connectivity index (χ4v) is 2.19. The molecule has 2 nitrogen and oxygen atoms in total. The summed E-state index contributed by atoms with van der Waals surface area (Å²) in [5, 5.41) is 4.28. The summed E-state index contributed by atoms with van der Waals surface area (Å²) in [5.74, 6) is 0. The molecule has 0 heterocycles. The minimum atomic E-state index is 0.297. The van der Waals surface area contributed by atoms with Crippen LogP contribution in [0.5, 0.6) is 0 Å². The number of benzene rings is 2. The Labute approximate surface area is 125 Å². The highest BCUT2D eigenvalue weighted by molar-refractivity contribution is 6.30. The maximum atomic E-state index is 5.90. The summed E-state index contributed by atoms with van der Waals surface area (Å²) < 4.78 is 5.11. The molecule has 0 aromatic heterocycles. The van der Waals surface area contributed by atoms with Crippen LogP contribution < -0.4 is 5.32 Å². The zero-order valence-corrected chi connectivity index (χ0v) is 12.7. The molecule has 0 fully saturated rings. The number of hydrogen-bond acceptors (Lipinski definition) is 2. The van der Waals surface area contributed by atoms with Gasteiger partial charge in [-0.3, -0.25) is 0 Å². The standard InChI is InChI=1S/C17H20ClNO/c1-13(16-7-9-17(18)10-8-16)19-11-14-3-5-15(6-4-14)12-20-2/h3-10,13,19H,11-12H2,1-2H3.